The summed E-state index contributed by atoms with van der Waals surface area (Å²) < 4.78 is 0. The van der Waals surface area contributed by atoms with Crippen molar-refractivity contribution in [3.8, 4) is 0 Å². The van der Waals surface area contributed by atoms with E-state index in [1.807, 2.05) is 23.5 Å². The number of fused-ring (bicyclic) bond motifs is 3. The molecule has 0 bridgehead atoms. The highest BCUT2D eigenvalue weighted by atomic mass is 32.2. The van der Waals surface area contributed by atoms with Crippen LogP contribution >= 0.6 is 35.3 Å². The van der Waals surface area contributed by atoms with Crippen LogP contribution in [0.1, 0.15) is 32.6 Å². The second-order valence-electron chi connectivity index (χ2n) is 6.35. The van der Waals surface area contributed by atoms with Crippen LogP contribution in [0.4, 0.5) is 0 Å². The van der Waals surface area contributed by atoms with Gasteiger partial charge in [-0.3, -0.25) is 10.1 Å². The molecule has 1 amide bonds. The van der Waals surface area contributed by atoms with Gasteiger partial charge in [-0.05, 0) is 38.4 Å². The van der Waals surface area contributed by atoms with Gasteiger partial charge in [-0.1, -0.05) is 0 Å². The summed E-state index contributed by atoms with van der Waals surface area (Å²) in [5.74, 6) is 1.37. The van der Waals surface area contributed by atoms with E-state index in [2.05, 4.69) is 34.6 Å². The van der Waals surface area contributed by atoms with Gasteiger partial charge in [0.15, 0.2) is 0 Å². The van der Waals surface area contributed by atoms with Crippen molar-refractivity contribution in [1.82, 2.24) is 16.0 Å². The molecule has 1 aliphatic carbocycles. The molecule has 4 aliphatic rings. The van der Waals surface area contributed by atoms with Crippen molar-refractivity contribution in [1.29, 1.82) is 0 Å². The van der Waals surface area contributed by atoms with Crippen LogP contribution in [0.5, 0.6) is 0 Å². The molecule has 0 aromatic rings. The first-order chi connectivity index (χ1) is 10.2. The summed E-state index contributed by atoms with van der Waals surface area (Å²) in [4.78, 5) is 12.3. The predicted molar refractivity (Wildman–Crippen MR) is 92.7 cm³/mol. The van der Waals surface area contributed by atoms with Crippen LogP contribution in [0.3, 0.4) is 0 Å². The highest BCUT2D eigenvalue weighted by Gasteiger charge is 2.49. The molecule has 118 valence electrons. The predicted octanol–water partition coefficient (Wildman–Crippen LogP) is 1.57. The van der Waals surface area contributed by atoms with Gasteiger partial charge < -0.3 is 10.6 Å². The van der Waals surface area contributed by atoms with Gasteiger partial charge in [0, 0.05) is 22.6 Å². The Kier molecular flexibility index (Phi) is 4.39. The largest absolute Gasteiger partial charge is 0.331 e. The van der Waals surface area contributed by atoms with Gasteiger partial charge in [0.2, 0.25) is 5.91 Å². The second kappa shape index (κ2) is 6.15. The lowest BCUT2D eigenvalue weighted by atomic mass is 9.90. The molecule has 0 aromatic carbocycles. The van der Waals surface area contributed by atoms with Crippen molar-refractivity contribution < 1.29 is 4.79 Å². The molecule has 1 saturated carbocycles. The Morgan fingerprint density at radius 3 is 2.90 bits per heavy atom. The first-order valence-corrected chi connectivity index (χ1v) is 10.9. The summed E-state index contributed by atoms with van der Waals surface area (Å²) in [5, 5.41) is 12.7. The molecule has 0 aromatic heterocycles. The maximum absolute atomic E-state index is 12.3. The fourth-order valence-electron chi connectivity index (χ4n) is 3.91. The van der Waals surface area contributed by atoms with Gasteiger partial charge in [-0.15, -0.1) is 35.3 Å². The first-order valence-electron chi connectivity index (χ1n) is 7.96. The third-order valence-corrected chi connectivity index (χ3v) is 9.13. The van der Waals surface area contributed by atoms with Gasteiger partial charge in [0.05, 0.1) is 10.6 Å². The van der Waals surface area contributed by atoms with Crippen LogP contribution in [0.25, 0.3) is 0 Å². The lowest BCUT2D eigenvalue weighted by Crippen LogP contribution is -2.52. The van der Waals surface area contributed by atoms with E-state index >= 15 is 0 Å². The van der Waals surface area contributed by atoms with Crippen molar-refractivity contribution in [3.63, 3.8) is 0 Å². The zero-order valence-corrected chi connectivity index (χ0v) is 14.7. The van der Waals surface area contributed by atoms with Crippen LogP contribution in [-0.4, -0.2) is 50.4 Å². The van der Waals surface area contributed by atoms with E-state index in [0.717, 1.165) is 17.4 Å². The molecular formula is C14H23N3OS3. The van der Waals surface area contributed by atoms with E-state index in [0.29, 0.717) is 22.7 Å². The molecule has 3 saturated heterocycles. The van der Waals surface area contributed by atoms with Gasteiger partial charge in [-0.2, -0.15) is 0 Å². The number of rotatable bonds is 2. The molecule has 4 nitrogen and oxygen atoms in total. The molecular weight excluding hydrogens is 322 g/mol. The minimum atomic E-state index is 0.107. The Morgan fingerprint density at radius 1 is 1.19 bits per heavy atom. The second-order valence-corrected chi connectivity index (χ2v) is 10.5. The van der Waals surface area contributed by atoms with Crippen LogP contribution < -0.4 is 16.0 Å². The van der Waals surface area contributed by atoms with E-state index in [9.17, 15) is 4.79 Å². The van der Waals surface area contributed by atoms with E-state index in [-0.39, 0.29) is 16.7 Å². The number of thioether (sulfide) groups is 3. The summed E-state index contributed by atoms with van der Waals surface area (Å²) in [6.45, 7) is 2.27. The van der Waals surface area contributed by atoms with Crippen molar-refractivity contribution in [2.45, 2.75) is 71.3 Å². The summed E-state index contributed by atoms with van der Waals surface area (Å²) in [5.41, 5.74) is 0.107. The smallest absolute Gasteiger partial charge is 0.234 e. The molecule has 3 N–H and O–H groups in total. The Morgan fingerprint density at radius 2 is 2.10 bits per heavy atom. The van der Waals surface area contributed by atoms with Gasteiger partial charge >= 0.3 is 0 Å². The molecule has 7 unspecified atom stereocenters. The molecule has 7 heteroatoms. The summed E-state index contributed by atoms with van der Waals surface area (Å²) in [7, 11) is 0. The van der Waals surface area contributed by atoms with Gasteiger partial charge in [-0.25, -0.2) is 0 Å². The average Bonchev–Trinajstić information content (AvgIpc) is 3.14. The molecule has 0 spiro atoms. The Balaban J connectivity index is 1.36. The van der Waals surface area contributed by atoms with E-state index in [1.54, 1.807) is 0 Å². The Hall–Kier alpha value is 0.440. The standard InChI is InChI=1S/C14H23N3OS3/c1-7-15-11-9(20-7)5-4-8-12(11)21-14(16-8)17-13(18)10-3-2-6-19-10/h7-12,14-16H,2-6H2,1H3,(H,17,18). The molecule has 7 atom stereocenters. The average molecular weight is 346 g/mol. The highest BCUT2D eigenvalue weighted by molar-refractivity contribution is 8.02. The minimum absolute atomic E-state index is 0.107. The molecule has 4 fully saturated rings. The number of hydrogen-bond donors (Lipinski definition) is 3. The van der Waals surface area contributed by atoms with E-state index in [4.69, 9.17) is 0 Å². The van der Waals surface area contributed by atoms with Crippen LogP contribution in [0.2, 0.25) is 0 Å². The van der Waals surface area contributed by atoms with E-state index < -0.39 is 0 Å². The highest BCUT2D eigenvalue weighted by Crippen LogP contribution is 2.44. The molecule has 4 rings (SSSR count). The Labute approximate surface area is 139 Å². The van der Waals surface area contributed by atoms with Crippen molar-refractivity contribution in [2.75, 3.05) is 5.75 Å². The van der Waals surface area contributed by atoms with Gasteiger partial charge in [0.25, 0.3) is 0 Å². The third-order valence-electron chi connectivity index (χ3n) is 4.87. The van der Waals surface area contributed by atoms with Crippen molar-refractivity contribution in [2.24, 2.45) is 0 Å². The molecule has 21 heavy (non-hydrogen) atoms. The molecule has 3 heterocycles. The topological polar surface area (TPSA) is 53.2 Å². The number of carbonyl (C=O) groups excluding carboxylic acids is 1. The number of carbonyl (C=O) groups is 1. The normalized spacial score (nSPS) is 48.9. The summed E-state index contributed by atoms with van der Waals surface area (Å²) in [6, 6.07) is 1.15. The number of nitrogens with one attached hydrogen (secondary N) is 3. The van der Waals surface area contributed by atoms with Crippen LogP contribution in [-0.2, 0) is 4.79 Å². The molecule has 0 radical (unpaired) electrons. The van der Waals surface area contributed by atoms with Crippen molar-refractivity contribution >= 4 is 41.2 Å². The SMILES string of the molecule is CC1NC2C(CCC3NC(NC(=O)C4CCCS4)SC32)S1. The first kappa shape index (κ1) is 15.0. The van der Waals surface area contributed by atoms with Crippen LogP contribution in [0, 0.1) is 0 Å². The fraction of sp³-hybridized carbons (Fsp3) is 0.929. The zero-order chi connectivity index (χ0) is 14.4. The van der Waals surface area contributed by atoms with Crippen LogP contribution in [0.15, 0.2) is 0 Å². The third kappa shape index (κ3) is 2.96. The monoisotopic (exact) mass is 345 g/mol. The maximum atomic E-state index is 12.3. The minimum Gasteiger partial charge on any atom is -0.331 e. The fourth-order valence-corrected chi connectivity index (χ4v) is 8.22. The zero-order valence-electron chi connectivity index (χ0n) is 12.2. The number of hydrogen-bond acceptors (Lipinski definition) is 6. The summed E-state index contributed by atoms with van der Waals surface area (Å²) >= 11 is 5.83. The number of amides is 1. The lowest BCUT2D eigenvalue weighted by Gasteiger charge is -2.33. The quantitative estimate of drug-likeness (QED) is 0.706. The van der Waals surface area contributed by atoms with E-state index in [1.165, 1.54) is 19.3 Å². The van der Waals surface area contributed by atoms with Gasteiger partial charge in [0.1, 0.15) is 5.50 Å². The summed E-state index contributed by atoms with van der Waals surface area (Å²) in [6.07, 6.45) is 4.76. The maximum Gasteiger partial charge on any atom is 0.234 e. The molecule has 3 aliphatic heterocycles. The Bertz CT molecular complexity index is 418. The lowest BCUT2D eigenvalue weighted by molar-refractivity contribution is -0.120. The van der Waals surface area contributed by atoms with Crippen molar-refractivity contribution in [3.05, 3.63) is 0 Å².